The highest BCUT2D eigenvalue weighted by Crippen LogP contribution is 2.30. The Morgan fingerprint density at radius 1 is 1.26 bits per heavy atom. The number of aromatic nitrogens is 6. The maximum absolute atomic E-state index is 10.1. The minimum atomic E-state index is -0.541. The first-order valence-corrected chi connectivity index (χ1v) is 9.21. The van der Waals surface area contributed by atoms with Gasteiger partial charge in [0.25, 0.3) is 0 Å². The van der Waals surface area contributed by atoms with Crippen LogP contribution in [0.15, 0.2) is 36.9 Å². The molecule has 0 unspecified atom stereocenters. The average molecular weight is 363 g/mol. The number of hydrogen-bond donors (Lipinski definition) is 3. The van der Waals surface area contributed by atoms with Crippen LogP contribution in [-0.2, 0) is 0 Å². The molecular weight excluding hydrogens is 342 g/mol. The fourth-order valence-corrected chi connectivity index (χ4v) is 3.72. The van der Waals surface area contributed by atoms with Crippen molar-refractivity contribution in [2.24, 2.45) is 0 Å². The summed E-state index contributed by atoms with van der Waals surface area (Å²) in [5.41, 5.74) is 2.86. The predicted octanol–water partition coefficient (Wildman–Crippen LogP) is 2.77. The van der Waals surface area contributed by atoms with Gasteiger partial charge in [-0.05, 0) is 38.7 Å². The summed E-state index contributed by atoms with van der Waals surface area (Å²) in [5, 5.41) is 18.6. The molecule has 0 bridgehead atoms. The second-order valence-corrected chi connectivity index (χ2v) is 7.52. The fourth-order valence-electron chi connectivity index (χ4n) is 3.72. The molecule has 0 amide bonds. The first-order chi connectivity index (χ1) is 13.1. The Hall–Kier alpha value is -3.00. The van der Waals surface area contributed by atoms with E-state index in [9.17, 15) is 5.11 Å². The Balaban J connectivity index is 1.41. The number of nitrogens with one attached hydrogen (secondary N) is 2. The van der Waals surface area contributed by atoms with E-state index in [-0.39, 0.29) is 0 Å². The molecule has 3 N–H and O–H groups in total. The third-order valence-electron chi connectivity index (χ3n) is 5.36. The summed E-state index contributed by atoms with van der Waals surface area (Å²) in [6.45, 7) is 1.90. The summed E-state index contributed by atoms with van der Waals surface area (Å²) in [4.78, 5) is 17.0. The third kappa shape index (κ3) is 3.02. The molecule has 0 spiro atoms. The van der Waals surface area contributed by atoms with Gasteiger partial charge in [0.15, 0.2) is 5.65 Å². The van der Waals surface area contributed by atoms with Crippen molar-refractivity contribution in [3.05, 3.63) is 36.9 Å². The second-order valence-electron chi connectivity index (χ2n) is 7.52. The Kier molecular flexibility index (Phi) is 3.61. The molecule has 27 heavy (non-hydrogen) atoms. The topological polar surface area (TPSA) is 104 Å². The molecule has 8 heteroatoms. The van der Waals surface area contributed by atoms with Gasteiger partial charge < -0.3 is 15.4 Å². The molecule has 4 aromatic rings. The third-order valence-corrected chi connectivity index (χ3v) is 5.36. The Bertz CT molecular complexity index is 1100. The van der Waals surface area contributed by atoms with E-state index >= 15 is 0 Å². The van der Waals surface area contributed by atoms with Crippen molar-refractivity contribution in [1.29, 1.82) is 0 Å². The molecule has 8 nitrogen and oxygen atoms in total. The summed E-state index contributed by atoms with van der Waals surface area (Å²) in [5.74, 6) is 0.613. The SMILES string of the molecule is C[C@]1(O)CC[C@@H](Nc2ncc3c(-c4ccn5nccc5n4)c[nH]c3n2)CC1. The summed E-state index contributed by atoms with van der Waals surface area (Å²) in [6.07, 6.45) is 10.8. The number of aliphatic hydroxyl groups is 1. The van der Waals surface area contributed by atoms with E-state index in [1.807, 2.05) is 37.6 Å². The molecule has 0 aromatic carbocycles. The molecule has 0 radical (unpaired) electrons. The van der Waals surface area contributed by atoms with Crippen molar-refractivity contribution in [2.75, 3.05) is 5.32 Å². The van der Waals surface area contributed by atoms with Crippen molar-refractivity contribution in [3.8, 4) is 11.3 Å². The monoisotopic (exact) mass is 363 g/mol. The van der Waals surface area contributed by atoms with E-state index in [4.69, 9.17) is 0 Å². The molecule has 5 rings (SSSR count). The zero-order chi connectivity index (χ0) is 18.4. The van der Waals surface area contributed by atoms with Crippen molar-refractivity contribution >= 4 is 22.6 Å². The molecule has 0 atom stereocenters. The Labute approximate surface area is 155 Å². The van der Waals surface area contributed by atoms with Gasteiger partial charge in [0.1, 0.15) is 5.65 Å². The number of anilines is 1. The smallest absolute Gasteiger partial charge is 0.224 e. The number of aromatic amines is 1. The number of rotatable bonds is 3. The van der Waals surface area contributed by atoms with Gasteiger partial charge in [0.05, 0.1) is 17.5 Å². The van der Waals surface area contributed by atoms with E-state index in [0.29, 0.717) is 12.0 Å². The van der Waals surface area contributed by atoms with E-state index in [0.717, 1.165) is 53.6 Å². The van der Waals surface area contributed by atoms with Crippen LogP contribution in [0.1, 0.15) is 32.6 Å². The molecular formula is C19H21N7O. The van der Waals surface area contributed by atoms with Crippen LogP contribution < -0.4 is 5.32 Å². The van der Waals surface area contributed by atoms with Crippen molar-refractivity contribution in [3.63, 3.8) is 0 Å². The van der Waals surface area contributed by atoms with Gasteiger partial charge in [-0.15, -0.1) is 0 Å². The zero-order valence-electron chi connectivity index (χ0n) is 15.1. The zero-order valence-corrected chi connectivity index (χ0v) is 15.1. The van der Waals surface area contributed by atoms with Crippen LogP contribution in [0.3, 0.4) is 0 Å². The maximum Gasteiger partial charge on any atom is 0.224 e. The molecule has 4 heterocycles. The van der Waals surface area contributed by atoms with Crippen molar-refractivity contribution < 1.29 is 5.11 Å². The van der Waals surface area contributed by atoms with E-state index in [2.05, 4.69) is 30.4 Å². The summed E-state index contributed by atoms with van der Waals surface area (Å²) < 4.78 is 1.73. The fraction of sp³-hybridized carbons (Fsp3) is 0.368. The standard InChI is InChI=1S/C19H21N7O/c1-19(27)6-2-12(3-7-19)23-18-21-11-14-13(10-20-17(14)25-18)15-5-9-26-16(24-15)4-8-22-26/h4-5,8-12,27H,2-3,6-7H2,1H3,(H2,20,21,23,25)/t12-,19+. The number of fused-ring (bicyclic) bond motifs is 2. The minimum Gasteiger partial charge on any atom is -0.390 e. The maximum atomic E-state index is 10.1. The molecule has 1 saturated carbocycles. The first kappa shape index (κ1) is 16.2. The van der Waals surface area contributed by atoms with Crippen molar-refractivity contribution in [2.45, 2.75) is 44.2 Å². The number of nitrogens with zero attached hydrogens (tertiary/aromatic N) is 5. The van der Waals surface area contributed by atoms with Gasteiger partial charge in [-0.25, -0.2) is 14.5 Å². The summed E-state index contributed by atoms with van der Waals surface area (Å²) >= 11 is 0. The lowest BCUT2D eigenvalue weighted by Gasteiger charge is -2.33. The quantitative estimate of drug-likeness (QED) is 0.517. The normalized spacial score (nSPS) is 23.1. The van der Waals surface area contributed by atoms with E-state index < -0.39 is 5.60 Å². The van der Waals surface area contributed by atoms with E-state index in [1.165, 1.54) is 0 Å². The van der Waals surface area contributed by atoms with Crippen LogP contribution in [0.4, 0.5) is 5.95 Å². The Morgan fingerprint density at radius 2 is 2.11 bits per heavy atom. The van der Waals surface area contributed by atoms with Crippen LogP contribution in [-0.4, -0.2) is 46.3 Å². The highest BCUT2D eigenvalue weighted by Gasteiger charge is 2.28. The van der Waals surface area contributed by atoms with Gasteiger partial charge in [0.2, 0.25) is 5.95 Å². The summed E-state index contributed by atoms with van der Waals surface area (Å²) in [7, 11) is 0. The average Bonchev–Trinajstić information content (AvgIpc) is 3.29. The van der Waals surface area contributed by atoms with Crippen LogP contribution in [0.2, 0.25) is 0 Å². The molecule has 1 aliphatic rings. The van der Waals surface area contributed by atoms with Gasteiger partial charge in [-0.2, -0.15) is 10.1 Å². The molecule has 0 saturated heterocycles. The van der Waals surface area contributed by atoms with Crippen LogP contribution in [0.25, 0.3) is 27.9 Å². The highest BCUT2D eigenvalue weighted by molar-refractivity contribution is 5.92. The Morgan fingerprint density at radius 3 is 2.96 bits per heavy atom. The largest absolute Gasteiger partial charge is 0.390 e. The molecule has 138 valence electrons. The van der Waals surface area contributed by atoms with Crippen molar-refractivity contribution in [1.82, 2.24) is 29.5 Å². The highest BCUT2D eigenvalue weighted by atomic mass is 16.3. The van der Waals surface area contributed by atoms with Crippen LogP contribution in [0.5, 0.6) is 0 Å². The molecule has 0 aliphatic heterocycles. The van der Waals surface area contributed by atoms with Crippen LogP contribution >= 0.6 is 0 Å². The molecule has 4 aromatic heterocycles. The van der Waals surface area contributed by atoms with E-state index in [1.54, 1.807) is 10.7 Å². The van der Waals surface area contributed by atoms with Gasteiger partial charge in [0, 0.05) is 41.6 Å². The van der Waals surface area contributed by atoms with Gasteiger partial charge in [-0.1, -0.05) is 0 Å². The first-order valence-electron chi connectivity index (χ1n) is 9.21. The van der Waals surface area contributed by atoms with Crippen LogP contribution in [0, 0.1) is 0 Å². The minimum absolute atomic E-state index is 0.294. The lowest BCUT2D eigenvalue weighted by molar-refractivity contribution is 0.0196. The number of H-pyrrole nitrogens is 1. The van der Waals surface area contributed by atoms with Gasteiger partial charge in [-0.3, -0.25) is 0 Å². The van der Waals surface area contributed by atoms with Gasteiger partial charge >= 0.3 is 0 Å². The number of hydrogen-bond acceptors (Lipinski definition) is 6. The lowest BCUT2D eigenvalue weighted by atomic mass is 9.84. The predicted molar refractivity (Wildman–Crippen MR) is 102 cm³/mol. The second kappa shape index (κ2) is 6.02. The lowest BCUT2D eigenvalue weighted by Crippen LogP contribution is -2.36. The molecule has 1 fully saturated rings. The summed E-state index contributed by atoms with van der Waals surface area (Å²) in [6, 6.07) is 4.10. The molecule has 1 aliphatic carbocycles.